The van der Waals surface area contributed by atoms with Gasteiger partial charge in [0.2, 0.25) is 0 Å². The summed E-state index contributed by atoms with van der Waals surface area (Å²) in [5.74, 6) is 0.584. The molecule has 0 saturated carbocycles. The summed E-state index contributed by atoms with van der Waals surface area (Å²) in [7, 11) is 0. The van der Waals surface area contributed by atoms with Crippen molar-refractivity contribution in [3.63, 3.8) is 0 Å². The van der Waals surface area contributed by atoms with Crippen LogP contribution in [-0.2, 0) is 0 Å². The standard InChI is InChI=1S/C15H13BrFNO/c1-9-2-5-13-14(6-9)19-15(8-18-13)10-3-4-12(17)11(16)7-10/h2-7,15,18H,8H2,1H3. The molecule has 98 valence electrons. The molecular formula is C15H13BrFNO. The molecule has 0 saturated heterocycles. The second kappa shape index (κ2) is 4.85. The van der Waals surface area contributed by atoms with Gasteiger partial charge in [0.15, 0.2) is 0 Å². The molecule has 2 aromatic rings. The monoisotopic (exact) mass is 321 g/mol. The van der Waals surface area contributed by atoms with Crippen LogP contribution in [0.4, 0.5) is 10.1 Å². The van der Waals surface area contributed by atoms with Crippen molar-refractivity contribution in [2.75, 3.05) is 11.9 Å². The van der Waals surface area contributed by atoms with Gasteiger partial charge in [0.05, 0.1) is 16.7 Å². The highest BCUT2D eigenvalue weighted by atomic mass is 79.9. The van der Waals surface area contributed by atoms with Gasteiger partial charge in [-0.3, -0.25) is 0 Å². The number of benzene rings is 2. The van der Waals surface area contributed by atoms with E-state index in [9.17, 15) is 4.39 Å². The van der Waals surface area contributed by atoms with Gasteiger partial charge in [0, 0.05) is 0 Å². The molecule has 0 bridgehead atoms. The first kappa shape index (κ1) is 12.5. The van der Waals surface area contributed by atoms with Crippen LogP contribution in [0.15, 0.2) is 40.9 Å². The molecule has 0 radical (unpaired) electrons. The summed E-state index contributed by atoms with van der Waals surface area (Å²) in [6.45, 7) is 2.70. The van der Waals surface area contributed by atoms with Gasteiger partial charge in [-0.1, -0.05) is 12.1 Å². The second-order valence-electron chi connectivity index (χ2n) is 4.66. The Hall–Kier alpha value is -1.55. The number of nitrogens with one attached hydrogen (secondary N) is 1. The minimum atomic E-state index is -0.260. The predicted octanol–water partition coefficient (Wildman–Crippen LogP) is 4.44. The van der Waals surface area contributed by atoms with E-state index >= 15 is 0 Å². The first-order valence-electron chi connectivity index (χ1n) is 6.09. The van der Waals surface area contributed by atoms with E-state index in [4.69, 9.17) is 4.74 Å². The van der Waals surface area contributed by atoms with Crippen LogP contribution in [0, 0.1) is 12.7 Å². The van der Waals surface area contributed by atoms with Gasteiger partial charge < -0.3 is 10.1 Å². The van der Waals surface area contributed by atoms with Gasteiger partial charge in [-0.15, -0.1) is 0 Å². The van der Waals surface area contributed by atoms with E-state index in [1.54, 1.807) is 12.1 Å². The molecule has 1 unspecified atom stereocenters. The van der Waals surface area contributed by atoms with E-state index in [2.05, 4.69) is 21.2 Å². The lowest BCUT2D eigenvalue weighted by molar-refractivity contribution is 0.210. The summed E-state index contributed by atoms with van der Waals surface area (Å²) < 4.78 is 19.7. The van der Waals surface area contributed by atoms with Gasteiger partial charge in [0.1, 0.15) is 17.7 Å². The highest BCUT2D eigenvalue weighted by Gasteiger charge is 2.21. The molecule has 1 aliphatic rings. The van der Waals surface area contributed by atoms with Gasteiger partial charge in [0.25, 0.3) is 0 Å². The van der Waals surface area contributed by atoms with Crippen LogP contribution < -0.4 is 10.1 Å². The van der Waals surface area contributed by atoms with Gasteiger partial charge in [-0.25, -0.2) is 4.39 Å². The van der Waals surface area contributed by atoms with Crippen molar-refractivity contribution >= 4 is 21.6 Å². The van der Waals surface area contributed by atoms with Crippen LogP contribution in [0.3, 0.4) is 0 Å². The molecule has 1 heterocycles. The number of hydrogen-bond acceptors (Lipinski definition) is 2. The minimum absolute atomic E-state index is 0.105. The largest absolute Gasteiger partial charge is 0.482 e. The fourth-order valence-electron chi connectivity index (χ4n) is 2.17. The SMILES string of the molecule is Cc1ccc2c(c1)OC(c1ccc(F)c(Br)c1)CN2. The number of ether oxygens (including phenoxy) is 1. The van der Waals surface area contributed by atoms with E-state index in [0.717, 1.165) is 22.6 Å². The highest BCUT2D eigenvalue weighted by Crippen LogP contribution is 2.35. The van der Waals surface area contributed by atoms with E-state index in [1.807, 2.05) is 25.1 Å². The Bertz CT molecular complexity index is 630. The van der Waals surface area contributed by atoms with E-state index in [-0.39, 0.29) is 11.9 Å². The molecule has 3 rings (SSSR count). The molecule has 0 aliphatic carbocycles. The Morgan fingerprint density at radius 3 is 2.89 bits per heavy atom. The fourth-order valence-corrected chi connectivity index (χ4v) is 2.57. The van der Waals surface area contributed by atoms with Crippen molar-refractivity contribution < 1.29 is 9.13 Å². The molecule has 1 N–H and O–H groups in total. The molecule has 0 amide bonds. The second-order valence-corrected chi connectivity index (χ2v) is 5.51. The molecule has 2 aromatic carbocycles. The quantitative estimate of drug-likeness (QED) is 0.838. The lowest BCUT2D eigenvalue weighted by Gasteiger charge is -2.28. The van der Waals surface area contributed by atoms with E-state index in [0.29, 0.717) is 11.0 Å². The number of fused-ring (bicyclic) bond motifs is 1. The molecule has 0 fully saturated rings. The Balaban J connectivity index is 1.90. The maximum atomic E-state index is 13.3. The zero-order chi connectivity index (χ0) is 13.4. The summed E-state index contributed by atoms with van der Waals surface area (Å²) in [5.41, 5.74) is 3.11. The average molecular weight is 322 g/mol. The van der Waals surface area contributed by atoms with Crippen molar-refractivity contribution in [1.82, 2.24) is 0 Å². The van der Waals surface area contributed by atoms with Crippen molar-refractivity contribution in [1.29, 1.82) is 0 Å². The summed E-state index contributed by atoms with van der Waals surface area (Å²) in [6, 6.07) is 11.0. The summed E-state index contributed by atoms with van der Waals surface area (Å²) >= 11 is 3.21. The lowest BCUT2D eigenvalue weighted by Crippen LogP contribution is -2.23. The molecule has 4 heteroatoms. The highest BCUT2D eigenvalue weighted by molar-refractivity contribution is 9.10. The maximum Gasteiger partial charge on any atom is 0.143 e. The molecule has 2 nitrogen and oxygen atoms in total. The number of aryl methyl sites for hydroxylation is 1. The van der Waals surface area contributed by atoms with Gasteiger partial charge in [-0.2, -0.15) is 0 Å². The van der Waals surface area contributed by atoms with Crippen molar-refractivity contribution in [3.05, 3.63) is 57.8 Å². The van der Waals surface area contributed by atoms with E-state index < -0.39 is 0 Å². The molecule has 0 aromatic heterocycles. The Kier molecular flexibility index (Phi) is 3.19. The molecule has 0 spiro atoms. The van der Waals surface area contributed by atoms with Crippen molar-refractivity contribution in [3.8, 4) is 5.75 Å². The Morgan fingerprint density at radius 2 is 2.11 bits per heavy atom. The zero-order valence-corrected chi connectivity index (χ0v) is 12.0. The summed E-state index contributed by atoms with van der Waals surface area (Å²) in [5, 5.41) is 3.34. The fraction of sp³-hybridized carbons (Fsp3) is 0.200. The van der Waals surface area contributed by atoms with Gasteiger partial charge in [-0.05, 0) is 58.2 Å². The van der Waals surface area contributed by atoms with Crippen LogP contribution in [0.25, 0.3) is 0 Å². The van der Waals surface area contributed by atoms with Crippen molar-refractivity contribution in [2.45, 2.75) is 13.0 Å². The average Bonchev–Trinajstić information content (AvgIpc) is 2.41. The maximum absolute atomic E-state index is 13.3. The van der Waals surface area contributed by atoms with Crippen LogP contribution in [-0.4, -0.2) is 6.54 Å². The zero-order valence-electron chi connectivity index (χ0n) is 10.4. The number of rotatable bonds is 1. The van der Waals surface area contributed by atoms with Crippen molar-refractivity contribution in [2.24, 2.45) is 0 Å². The van der Waals surface area contributed by atoms with Crippen LogP contribution in [0.1, 0.15) is 17.2 Å². The number of anilines is 1. The van der Waals surface area contributed by atoms with Crippen LogP contribution >= 0.6 is 15.9 Å². The third-order valence-electron chi connectivity index (χ3n) is 3.20. The third kappa shape index (κ3) is 2.45. The summed E-state index contributed by atoms with van der Waals surface area (Å²) in [4.78, 5) is 0. The normalized spacial score (nSPS) is 17.3. The molecule has 19 heavy (non-hydrogen) atoms. The van der Waals surface area contributed by atoms with Crippen LogP contribution in [0.2, 0.25) is 0 Å². The van der Waals surface area contributed by atoms with E-state index in [1.165, 1.54) is 6.07 Å². The minimum Gasteiger partial charge on any atom is -0.482 e. The predicted molar refractivity (Wildman–Crippen MR) is 77.1 cm³/mol. The molecular weight excluding hydrogens is 309 g/mol. The Morgan fingerprint density at radius 1 is 1.26 bits per heavy atom. The third-order valence-corrected chi connectivity index (χ3v) is 3.81. The smallest absolute Gasteiger partial charge is 0.143 e. The number of halogens is 2. The molecule has 1 atom stereocenters. The summed E-state index contributed by atoms with van der Waals surface area (Å²) in [6.07, 6.45) is -0.105. The first-order valence-corrected chi connectivity index (χ1v) is 6.89. The topological polar surface area (TPSA) is 21.3 Å². The van der Waals surface area contributed by atoms with Gasteiger partial charge >= 0.3 is 0 Å². The lowest BCUT2D eigenvalue weighted by atomic mass is 10.1. The first-order chi connectivity index (χ1) is 9.13. The Labute approximate surface area is 119 Å². The van der Waals surface area contributed by atoms with Crippen LogP contribution in [0.5, 0.6) is 5.75 Å². The number of hydrogen-bond donors (Lipinski definition) is 1. The molecule has 1 aliphatic heterocycles.